The Morgan fingerprint density at radius 1 is 1.28 bits per heavy atom. The third kappa shape index (κ3) is 5.92. The maximum atomic E-state index is 11.8. The smallest absolute Gasteiger partial charge is 0.351 e. The molecule has 0 aromatic heterocycles. The molecule has 0 aromatic rings. The highest BCUT2D eigenvalue weighted by Gasteiger charge is 2.40. The highest BCUT2D eigenvalue weighted by Crippen LogP contribution is 2.51. The van der Waals surface area contributed by atoms with Gasteiger partial charge in [0.2, 0.25) is 5.91 Å². The zero-order valence-corrected chi connectivity index (χ0v) is 17.1. The van der Waals surface area contributed by atoms with E-state index < -0.39 is 7.60 Å². The maximum Gasteiger partial charge on any atom is 0.351 e. The van der Waals surface area contributed by atoms with Crippen LogP contribution in [0.15, 0.2) is 11.4 Å². The van der Waals surface area contributed by atoms with Gasteiger partial charge in [-0.3, -0.25) is 9.36 Å². The maximum absolute atomic E-state index is 11.8. The molecule has 1 rings (SSSR count). The lowest BCUT2D eigenvalue weighted by Crippen LogP contribution is -2.54. The van der Waals surface area contributed by atoms with E-state index in [-0.39, 0.29) is 29.2 Å². The van der Waals surface area contributed by atoms with Crippen LogP contribution in [0.25, 0.3) is 0 Å². The fraction of sp³-hybridized carbons (Fsp3) is 0.833. The molecular formula is C18H35N2O4P. The van der Waals surface area contributed by atoms with Crippen molar-refractivity contribution in [3.63, 3.8) is 0 Å². The molecule has 0 fully saturated rings. The average molecular weight is 374 g/mol. The minimum absolute atomic E-state index is 0.0210. The van der Waals surface area contributed by atoms with Gasteiger partial charge in [0.1, 0.15) is 0 Å². The normalized spacial score (nSPS) is 22.8. The Morgan fingerprint density at radius 3 is 2.24 bits per heavy atom. The van der Waals surface area contributed by atoms with E-state index in [0.717, 1.165) is 25.9 Å². The van der Waals surface area contributed by atoms with Crippen molar-refractivity contribution in [3.8, 4) is 0 Å². The molecule has 0 unspecified atom stereocenters. The minimum atomic E-state index is -4.21. The highest BCUT2D eigenvalue weighted by atomic mass is 31.2. The molecule has 7 heteroatoms. The highest BCUT2D eigenvalue weighted by molar-refractivity contribution is 7.56. The van der Waals surface area contributed by atoms with Crippen molar-refractivity contribution in [1.82, 2.24) is 10.2 Å². The van der Waals surface area contributed by atoms with Crippen molar-refractivity contribution >= 4 is 13.5 Å². The summed E-state index contributed by atoms with van der Waals surface area (Å²) >= 11 is 0. The van der Waals surface area contributed by atoms with Crippen LogP contribution in [0.5, 0.6) is 0 Å². The first-order chi connectivity index (χ1) is 11.7. The van der Waals surface area contributed by atoms with E-state index in [4.69, 9.17) is 0 Å². The molecule has 0 saturated carbocycles. The van der Waals surface area contributed by atoms with Gasteiger partial charge in [-0.1, -0.05) is 46.6 Å². The van der Waals surface area contributed by atoms with E-state index in [1.807, 2.05) is 0 Å². The molecule has 0 bridgehead atoms. The monoisotopic (exact) mass is 374 g/mol. The van der Waals surface area contributed by atoms with Gasteiger partial charge in [-0.05, 0) is 37.8 Å². The number of carbonyl (C=O) groups excluding carboxylic acids is 1. The molecule has 0 aliphatic heterocycles. The van der Waals surface area contributed by atoms with Gasteiger partial charge in [-0.15, -0.1) is 0 Å². The van der Waals surface area contributed by atoms with Gasteiger partial charge in [-0.25, -0.2) is 0 Å². The number of hydrogen-bond donors (Lipinski definition) is 3. The predicted octanol–water partition coefficient (Wildman–Crippen LogP) is 3.11. The molecule has 0 radical (unpaired) electrons. The number of carbonyl (C=O) groups is 1. The van der Waals surface area contributed by atoms with Crippen molar-refractivity contribution in [2.75, 3.05) is 13.1 Å². The molecule has 3 N–H and O–H groups in total. The lowest BCUT2D eigenvalue weighted by atomic mass is 9.75. The molecule has 1 amide bonds. The van der Waals surface area contributed by atoms with Gasteiger partial charge in [0.25, 0.3) is 0 Å². The third-order valence-corrected chi connectivity index (χ3v) is 6.69. The summed E-state index contributed by atoms with van der Waals surface area (Å²) in [7, 11) is -4.21. The van der Waals surface area contributed by atoms with Crippen molar-refractivity contribution < 1.29 is 19.1 Å². The molecule has 1 aliphatic carbocycles. The molecule has 0 spiro atoms. The van der Waals surface area contributed by atoms with E-state index in [1.54, 1.807) is 13.0 Å². The standard InChI is InChI=1S/C18H35N2O4P/c1-6-14(7-2)18(19-13(5)21)16-11-10-15(25(22,23)24)12-17(16)20(8-3)9-4/h10,14,16-18H,6-9,11-12H2,1-5H3,(H,19,21)(H2,22,23,24)/t16-,17+,18+/m1/s1. The van der Waals surface area contributed by atoms with E-state index in [2.05, 4.69) is 37.9 Å². The Labute approximate surface area is 152 Å². The van der Waals surface area contributed by atoms with E-state index in [9.17, 15) is 19.1 Å². The largest absolute Gasteiger partial charge is 0.353 e. The molecule has 25 heavy (non-hydrogen) atoms. The first kappa shape index (κ1) is 22.4. The minimum Gasteiger partial charge on any atom is -0.353 e. The second-order valence-corrected chi connectivity index (χ2v) is 8.60. The molecule has 0 heterocycles. The Balaban J connectivity index is 3.26. The summed E-state index contributed by atoms with van der Waals surface area (Å²) in [5, 5.41) is 3.39. The van der Waals surface area contributed by atoms with Crippen LogP contribution in [0.1, 0.15) is 60.3 Å². The second-order valence-electron chi connectivity index (χ2n) is 6.93. The van der Waals surface area contributed by atoms with Crippen LogP contribution >= 0.6 is 7.60 Å². The van der Waals surface area contributed by atoms with E-state index >= 15 is 0 Å². The average Bonchev–Trinajstić information content (AvgIpc) is 2.55. The topological polar surface area (TPSA) is 89.9 Å². The Kier molecular flexibility index (Phi) is 8.82. The van der Waals surface area contributed by atoms with Gasteiger partial charge in [0.15, 0.2) is 0 Å². The predicted molar refractivity (Wildman–Crippen MR) is 101 cm³/mol. The van der Waals surface area contributed by atoms with Crippen molar-refractivity contribution in [2.24, 2.45) is 11.8 Å². The molecular weight excluding hydrogens is 339 g/mol. The molecule has 146 valence electrons. The van der Waals surface area contributed by atoms with E-state index in [1.165, 1.54) is 0 Å². The van der Waals surface area contributed by atoms with Gasteiger partial charge in [0, 0.05) is 24.3 Å². The lowest BCUT2D eigenvalue weighted by Gasteiger charge is -2.44. The van der Waals surface area contributed by atoms with Crippen LogP contribution in [-0.2, 0) is 9.36 Å². The summed E-state index contributed by atoms with van der Waals surface area (Å²) < 4.78 is 11.8. The van der Waals surface area contributed by atoms with Crippen LogP contribution in [-0.4, -0.2) is 45.8 Å². The summed E-state index contributed by atoms with van der Waals surface area (Å²) in [5.41, 5.74) is 0. The quantitative estimate of drug-likeness (QED) is 0.540. The molecule has 0 aromatic carbocycles. The van der Waals surface area contributed by atoms with Crippen LogP contribution in [0.3, 0.4) is 0 Å². The Hall–Kier alpha value is -0.680. The summed E-state index contributed by atoms with van der Waals surface area (Å²) in [6.07, 6.45) is 4.61. The van der Waals surface area contributed by atoms with Crippen molar-refractivity contribution in [3.05, 3.63) is 11.4 Å². The van der Waals surface area contributed by atoms with Gasteiger partial charge >= 0.3 is 7.60 Å². The van der Waals surface area contributed by atoms with E-state index in [0.29, 0.717) is 18.8 Å². The summed E-state index contributed by atoms with van der Waals surface area (Å²) in [6.45, 7) is 11.6. The molecule has 6 nitrogen and oxygen atoms in total. The number of rotatable bonds is 9. The van der Waals surface area contributed by atoms with Crippen molar-refractivity contribution in [2.45, 2.75) is 72.4 Å². The summed E-state index contributed by atoms with van der Waals surface area (Å²) in [5.74, 6) is 0.473. The second kappa shape index (κ2) is 9.86. The number of allylic oxidation sites excluding steroid dienone is 1. The van der Waals surface area contributed by atoms with Crippen LogP contribution in [0.2, 0.25) is 0 Å². The molecule has 3 atom stereocenters. The fourth-order valence-electron chi connectivity index (χ4n) is 4.20. The fourth-order valence-corrected chi connectivity index (χ4v) is 4.97. The first-order valence-electron chi connectivity index (χ1n) is 9.45. The van der Waals surface area contributed by atoms with Crippen LogP contribution in [0, 0.1) is 11.8 Å². The Bertz CT molecular complexity index is 509. The number of amides is 1. The number of nitrogens with zero attached hydrogens (tertiary/aromatic N) is 1. The third-order valence-electron chi connectivity index (χ3n) is 5.58. The zero-order chi connectivity index (χ0) is 19.2. The molecule has 1 aliphatic rings. The lowest BCUT2D eigenvalue weighted by molar-refractivity contribution is -0.120. The van der Waals surface area contributed by atoms with Crippen LogP contribution in [0.4, 0.5) is 0 Å². The van der Waals surface area contributed by atoms with Crippen LogP contribution < -0.4 is 5.32 Å². The van der Waals surface area contributed by atoms with Gasteiger partial charge < -0.3 is 20.0 Å². The van der Waals surface area contributed by atoms with Gasteiger partial charge in [0.05, 0.1) is 0 Å². The Morgan fingerprint density at radius 2 is 1.84 bits per heavy atom. The number of nitrogens with one attached hydrogen (secondary N) is 1. The summed E-state index contributed by atoms with van der Waals surface area (Å²) in [4.78, 5) is 33.3. The SMILES string of the molecule is CCC(CC)[C@H](NC(C)=O)[C@@H]1CC=C(P(=O)(O)O)C[C@@H]1N(CC)CC. The number of hydrogen-bond acceptors (Lipinski definition) is 3. The summed E-state index contributed by atoms with van der Waals surface area (Å²) in [6, 6.07) is 0.0488. The van der Waals surface area contributed by atoms with Gasteiger partial charge in [-0.2, -0.15) is 0 Å². The first-order valence-corrected chi connectivity index (χ1v) is 11.1. The zero-order valence-electron chi connectivity index (χ0n) is 16.2. The van der Waals surface area contributed by atoms with Crippen molar-refractivity contribution in [1.29, 1.82) is 0 Å². The molecule has 0 saturated heterocycles.